The maximum Gasteiger partial charge on any atom is 0.272 e. The molecule has 0 unspecified atom stereocenters. The van der Waals surface area contributed by atoms with Gasteiger partial charge in [-0.3, -0.25) is 14.4 Å². The lowest BCUT2D eigenvalue weighted by molar-refractivity contribution is -0.141. The van der Waals surface area contributed by atoms with Crippen molar-refractivity contribution in [2.45, 2.75) is 52.6 Å². The number of nitrogens with zero attached hydrogens (tertiary/aromatic N) is 5. The van der Waals surface area contributed by atoms with E-state index in [-0.39, 0.29) is 41.5 Å². The third kappa shape index (κ3) is 5.42. The molecule has 5 heterocycles. The number of hydrogen-bond donors (Lipinski definition) is 1. The number of H-pyrrole nitrogens is 1. The predicted octanol–water partition coefficient (Wildman–Crippen LogP) is 4.07. The number of rotatable bonds is 7. The molecule has 0 saturated carbocycles. The quantitative estimate of drug-likeness (QED) is 0.431. The van der Waals surface area contributed by atoms with Crippen LogP contribution < -0.4 is 4.90 Å². The molecule has 1 aromatic carbocycles. The van der Waals surface area contributed by atoms with E-state index in [4.69, 9.17) is 0 Å². The fourth-order valence-corrected chi connectivity index (χ4v) is 6.84. The van der Waals surface area contributed by atoms with E-state index in [9.17, 15) is 14.4 Å². The van der Waals surface area contributed by atoms with E-state index < -0.39 is 5.92 Å². The number of Topliss-reactive ketones (excluding diaryl/α,β-unsaturated/α-hetero) is 1. The highest BCUT2D eigenvalue weighted by Gasteiger charge is 2.50. The van der Waals surface area contributed by atoms with Crippen LogP contribution in [0.2, 0.25) is 0 Å². The Bertz CT molecular complexity index is 1430. The number of fused-ring (bicyclic) bond motifs is 3. The van der Waals surface area contributed by atoms with Gasteiger partial charge in [-0.25, -0.2) is 4.98 Å². The lowest BCUT2D eigenvalue weighted by atomic mass is 9.76. The standard InChI is InChI=1S/C33H42N6O3/c1-5-36-12-14-37(15-13-36)23-10-11-28(34-19-23)32(42)39-21-24-17-25(39)20-38(24)31(41)26(33(2,3)4)18-30(40)29-16-22-8-6-7-9-27(22)35-29/h6-11,16,19,24-26,35H,5,12-15,17-18,20-21H2,1-4H3/t24-,25-,26+/m0/s1. The maximum atomic E-state index is 13.9. The molecule has 0 spiro atoms. The second kappa shape index (κ2) is 11.2. The summed E-state index contributed by atoms with van der Waals surface area (Å²) in [7, 11) is 0. The second-order valence-electron chi connectivity index (χ2n) is 13.1. The first-order valence-corrected chi connectivity index (χ1v) is 15.3. The van der Waals surface area contributed by atoms with Gasteiger partial charge in [0.25, 0.3) is 5.91 Å². The van der Waals surface area contributed by atoms with Crippen LogP contribution in [0.4, 0.5) is 5.69 Å². The molecule has 2 bridgehead atoms. The monoisotopic (exact) mass is 570 g/mol. The molecule has 9 heteroatoms. The van der Waals surface area contributed by atoms with Gasteiger partial charge in [0.15, 0.2) is 5.78 Å². The number of aromatic nitrogens is 2. The number of piperazine rings is 2. The summed E-state index contributed by atoms with van der Waals surface area (Å²) >= 11 is 0. The Morgan fingerprint density at radius 2 is 1.69 bits per heavy atom. The normalized spacial score (nSPS) is 21.8. The zero-order chi connectivity index (χ0) is 29.6. The molecular weight excluding hydrogens is 528 g/mol. The maximum absolute atomic E-state index is 13.9. The van der Waals surface area contributed by atoms with Crippen LogP contribution in [-0.4, -0.2) is 100 Å². The summed E-state index contributed by atoms with van der Waals surface area (Å²) in [6.07, 6.45) is 2.73. The minimum Gasteiger partial charge on any atom is -0.368 e. The number of aromatic amines is 1. The molecule has 2 aromatic heterocycles. The highest BCUT2D eigenvalue weighted by Crippen LogP contribution is 2.38. The van der Waals surface area contributed by atoms with E-state index in [0.29, 0.717) is 24.5 Å². The number of likely N-dealkylation sites (N-methyl/N-ethyl adjacent to an activating group) is 1. The van der Waals surface area contributed by atoms with Crippen LogP contribution in [0.3, 0.4) is 0 Å². The Hall–Kier alpha value is -3.72. The molecule has 3 fully saturated rings. The molecule has 3 aliphatic rings. The Kier molecular flexibility index (Phi) is 7.55. The zero-order valence-corrected chi connectivity index (χ0v) is 25.2. The summed E-state index contributed by atoms with van der Waals surface area (Å²) in [6.45, 7) is 14.3. The van der Waals surface area contributed by atoms with Gasteiger partial charge in [-0.2, -0.15) is 0 Å². The minimum atomic E-state index is -0.451. The van der Waals surface area contributed by atoms with E-state index in [2.05, 4.69) is 26.7 Å². The van der Waals surface area contributed by atoms with Crippen LogP contribution in [0.1, 0.15) is 61.5 Å². The number of likely N-dealkylation sites (tertiary alicyclic amines) is 2. The van der Waals surface area contributed by atoms with Gasteiger partial charge in [0, 0.05) is 56.6 Å². The largest absolute Gasteiger partial charge is 0.368 e. The van der Waals surface area contributed by atoms with Crippen molar-refractivity contribution >= 4 is 34.2 Å². The zero-order valence-electron chi connectivity index (χ0n) is 25.2. The number of ketones is 1. The first kappa shape index (κ1) is 28.4. The Balaban J connectivity index is 1.09. The van der Waals surface area contributed by atoms with Crippen LogP contribution in [0.15, 0.2) is 48.7 Å². The van der Waals surface area contributed by atoms with Crippen molar-refractivity contribution < 1.29 is 14.4 Å². The van der Waals surface area contributed by atoms with E-state index in [1.807, 2.05) is 79.2 Å². The van der Waals surface area contributed by atoms with Crippen molar-refractivity contribution in [1.82, 2.24) is 24.7 Å². The molecule has 0 aliphatic carbocycles. The number of carbonyl (C=O) groups excluding carboxylic acids is 3. The lowest BCUT2D eigenvalue weighted by Gasteiger charge is -2.39. The van der Waals surface area contributed by atoms with Gasteiger partial charge < -0.3 is 24.6 Å². The number of anilines is 1. The second-order valence-corrected chi connectivity index (χ2v) is 13.1. The molecule has 1 N–H and O–H groups in total. The topological polar surface area (TPSA) is 92.9 Å². The summed E-state index contributed by atoms with van der Waals surface area (Å²) in [5.74, 6) is -0.564. The van der Waals surface area contributed by atoms with Crippen LogP contribution in [0.5, 0.6) is 0 Å². The molecule has 2 amide bonds. The Labute approximate surface area is 247 Å². The number of carbonyl (C=O) groups is 3. The van der Waals surface area contributed by atoms with Crippen molar-refractivity contribution in [1.29, 1.82) is 0 Å². The van der Waals surface area contributed by atoms with Gasteiger partial charge in [-0.1, -0.05) is 45.9 Å². The lowest BCUT2D eigenvalue weighted by Crippen LogP contribution is -2.53. The SMILES string of the molecule is CCN1CCN(c2ccc(C(=O)N3C[C@@H]4C[C@H]3CN4C(=O)[C@@H](CC(=O)c3cc4ccccc4[nH]3)C(C)(C)C)nc2)CC1. The minimum absolute atomic E-state index is 0.0113. The first-order chi connectivity index (χ1) is 20.1. The Morgan fingerprint density at radius 1 is 0.976 bits per heavy atom. The molecule has 3 saturated heterocycles. The van der Waals surface area contributed by atoms with Crippen LogP contribution >= 0.6 is 0 Å². The fourth-order valence-electron chi connectivity index (χ4n) is 6.84. The van der Waals surface area contributed by atoms with Gasteiger partial charge in [0.1, 0.15) is 5.69 Å². The molecular formula is C33H42N6O3. The number of para-hydroxylation sites is 1. The van der Waals surface area contributed by atoms with Crippen molar-refractivity contribution in [2.24, 2.45) is 11.3 Å². The molecule has 3 aromatic rings. The molecule has 6 rings (SSSR count). The average Bonchev–Trinajstić information content (AvgIpc) is 3.73. The highest BCUT2D eigenvalue weighted by atomic mass is 16.2. The van der Waals surface area contributed by atoms with E-state index in [0.717, 1.165) is 55.7 Å². The molecule has 222 valence electrons. The fraction of sp³-hybridized carbons (Fsp3) is 0.515. The van der Waals surface area contributed by atoms with E-state index >= 15 is 0 Å². The summed E-state index contributed by atoms with van der Waals surface area (Å²) in [5.41, 5.74) is 2.58. The van der Waals surface area contributed by atoms with E-state index in [1.54, 1.807) is 0 Å². The number of hydrogen-bond acceptors (Lipinski definition) is 6. The Morgan fingerprint density at radius 3 is 2.31 bits per heavy atom. The van der Waals surface area contributed by atoms with Gasteiger partial charge in [-0.15, -0.1) is 0 Å². The van der Waals surface area contributed by atoms with Crippen LogP contribution in [0.25, 0.3) is 10.9 Å². The van der Waals surface area contributed by atoms with Crippen molar-refractivity contribution in [2.75, 3.05) is 50.7 Å². The van der Waals surface area contributed by atoms with Gasteiger partial charge in [0.2, 0.25) is 5.91 Å². The molecule has 3 aliphatic heterocycles. The molecule has 42 heavy (non-hydrogen) atoms. The summed E-state index contributed by atoms with van der Waals surface area (Å²) < 4.78 is 0. The highest BCUT2D eigenvalue weighted by molar-refractivity contribution is 6.01. The molecule has 0 radical (unpaired) electrons. The van der Waals surface area contributed by atoms with Crippen molar-refractivity contribution in [3.8, 4) is 0 Å². The van der Waals surface area contributed by atoms with Crippen LogP contribution in [-0.2, 0) is 4.79 Å². The number of nitrogens with one attached hydrogen (secondary N) is 1. The number of benzene rings is 1. The summed E-state index contributed by atoms with van der Waals surface area (Å²) in [5, 5.41) is 0.986. The third-order valence-corrected chi connectivity index (χ3v) is 9.50. The van der Waals surface area contributed by atoms with E-state index in [1.165, 1.54) is 0 Å². The van der Waals surface area contributed by atoms with Crippen molar-refractivity contribution in [3.05, 3.63) is 60.0 Å². The molecule has 9 nitrogen and oxygen atoms in total. The molecule has 3 atom stereocenters. The third-order valence-electron chi connectivity index (χ3n) is 9.50. The smallest absolute Gasteiger partial charge is 0.272 e. The number of amides is 2. The number of pyridine rings is 1. The summed E-state index contributed by atoms with van der Waals surface area (Å²) in [6, 6.07) is 13.5. The first-order valence-electron chi connectivity index (χ1n) is 15.3. The average molecular weight is 571 g/mol. The summed E-state index contributed by atoms with van der Waals surface area (Å²) in [4.78, 5) is 57.0. The predicted molar refractivity (Wildman–Crippen MR) is 164 cm³/mol. The van der Waals surface area contributed by atoms with Gasteiger partial charge >= 0.3 is 0 Å². The van der Waals surface area contributed by atoms with Crippen molar-refractivity contribution in [3.63, 3.8) is 0 Å². The van der Waals surface area contributed by atoms with Gasteiger partial charge in [0.05, 0.1) is 35.6 Å². The van der Waals surface area contributed by atoms with Crippen LogP contribution in [0, 0.1) is 11.3 Å². The van der Waals surface area contributed by atoms with Gasteiger partial charge in [-0.05, 0) is 42.6 Å².